The summed E-state index contributed by atoms with van der Waals surface area (Å²) in [6.45, 7) is 3.53. The van der Waals surface area contributed by atoms with Crippen LogP contribution in [0.25, 0.3) is 0 Å². The van der Waals surface area contributed by atoms with Crippen LogP contribution in [0.5, 0.6) is 0 Å². The molecule has 3 N–H and O–H groups in total. The number of amides is 1. The monoisotopic (exact) mass is 340 g/mol. The Balaban J connectivity index is 2.12. The lowest BCUT2D eigenvalue weighted by Crippen LogP contribution is -2.39. The first-order valence-electron chi connectivity index (χ1n) is 7.54. The second-order valence-corrected chi connectivity index (χ2v) is 5.57. The Morgan fingerprint density at radius 2 is 1.88 bits per heavy atom. The van der Waals surface area contributed by atoms with Crippen LogP contribution in [0.2, 0.25) is 0 Å². The molecule has 1 amide bonds. The number of aliphatic hydroxyl groups excluding tert-OH is 1. The summed E-state index contributed by atoms with van der Waals surface area (Å²) in [6.07, 6.45) is -3.46. The lowest BCUT2D eigenvalue weighted by Gasteiger charge is -2.23. The number of carbonyl (C=O) groups excluding carboxylic acids is 1. The number of benzene rings is 1. The van der Waals surface area contributed by atoms with E-state index in [-0.39, 0.29) is 5.91 Å². The number of rotatable bonds is 5. The Labute approximate surface area is 137 Å². The number of hydrogen-bond acceptors (Lipinski definition) is 2. The highest BCUT2D eigenvalue weighted by molar-refractivity contribution is 5.95. The number of aromatic amines is 1. The van der Waals surface area contributed by atoms with E-state index in [0.717, 1.165) is 12.1 Å². The molecule has 0 unspecified atom stereocenters. The van der Waals surface area contributed by atoms with Gasteiger partial charge in [-0.25, -0.2) is 0 Å². The number of alkyl halides is 3. The fourth-order valence-electron chi connectivity index (χ4n) is 2.45. The average Bonchev–Trinajstić information content (AvgIpc) is 2.97. The third kappa shape index (κ3) is 3.97. The lowest BCUT2D eigenvalue weighted by atomic mass is 9.98. The van der Waals surface area contributed by atoms with Crippen molar-refractivity contribution in [3.63, 3.8) is 0 Å². The Morgan fingerprint density at radius 3 is 2.33 bits per heavy atom. The predicted octanol–water partition coefficient (Wildman–Crippen LogP) is 3.58. The van der Waals surface area contributed by atoms with Gasteiger partial charge in [-0.05, 0) is 37.1 Å². The van der Waals surface area contributed by atoms with Crippen LogP contribution in [0.1, 0.15) is 46.6 Å². The van der Waals surface area contributed by atoms with E-state index in [2.05, 4.69) is 10.3 Å². The molecule has 7 heteroatoms. The van der Waals surface area contributed by atoms with E-state index in [9.17, 15) is 23.1 Å². The van der Waals surface area contributed by atoms with Crippen LogP contribution in [-0.4, -0.2) is 22.0 Å². The van der Waals surface area contributed by atoms with Crippen LogP contribution < -0.4 is 5.32 Å². The van der Waals surface area contributed by atoms with Gasteiger partial charge in [0, 0.05) is 11.9 Å². The number of aromatic nitrogens is 1. The van der Waals surface area contributed by atoms with E-state index in [1.54, 1.807) is 26.1 Å². The third-order valence-corrected chi connectivity index (χ3v) is 3.92. The molecule has 0 fully saturated rings. The number of aliphatic hydroxyl groups is 1. The highest BCUT2D eigenvalue weighted by Gasteiger charge is 2.30. The molecule has 2 rings (SSSR count). The molecule has 130 valence electrons. The summed E-state index contributed by atoms with van der Waals surface area (Å²) in [5.41, 5.74) is 0.707. The SMILES string of the molecule is CC[C@@H](NC(=O)c1cc[nH]c1C)[C@H](O)c1ccc(C(F)(F)F)cc1. The van der Waals surface area contributed by atoms with Crippen LogP contribution >= 0.6 is 0 Å². The second-order valence-electron chi connectivity index (χ2n) is 5.57. The zero-order valence-electron chi connectivity index (χ0n) is 13.3. The van der Waals surface area contributed by atoms with Gasteiger partial charge in [0.05, 0.1) is 23.3 Å². The smallest absolute Gasteiger partial charge is 0.386 e. The van der Waals surface area contributed by atoms with E-state index >= 15 is 0 Å². The summed E-state index contributed by atoms with van der Waals surface area (Å²) < 4.78 is 37.8. The summed E-state index contributed by atoms with van der Waals surface area (Å²) >= 11 is 0. The first-order valence-corrected chi connectivity index (χ1v) is 7.54. The zero-order chi connectivity index (χ0) is 17.9. The molecule has 1 aromatic carbocycles. The van der Waals surface area contributed by atoms with E-state index in [1.807, 2.05) is 0 Å². The third-order valence-electron chi connectivity index (χ3n) is 3.92. The number of nitrogens with one attached hydrogen (secondary N) is 2. The van der Waals surface area contributed by atoms with Crippen molar-refractivity contribution in [2.45, 2.75) is 38.6 Å². The van der Waals surface area contributed by atoms with Crippen LogP contribution in [0.4, 0.5) is 13.2 Å². The molecule has 1 aromatic heterocycles. The van der Waals surface area contributed by atoms with Crippen molar-refractivity contribution >= 4 is 5.91 Å². The Hall–Kier alpha value is -2.28. The zero-order valence-corrected chi connectivity index (χ0v) is 13.3. The van der Waals surface area contributed by atoms with Gasteiger partial charge in [0.25, 0.3) is 5.91 Å². The summed E-state index contributed by atoms with van der Waals surface area (Å²) in [7, 11) is 0. The van der Waals surface area contributed by atoms with Crippen molar-refractivity contribution in [1.82, 2.24) is 10.3 Å². The van der Waals surface area contributed by atoms with Crippen molar-refractivity contribution < 1.29 is 23.1 Å². The molecule has 24 heavy (non-hydrogen) atoms. The average molecular weight is 340 g/mol. The van der Waals surface area contributed by atoms with Crippen LogP contribution in [0.3, 0.4) is 0 Å². The van der Waals surface area contributed by atoms with E-state index in [4.69, 9.17) is 0 Å². The Kier molecular flexibility index (Phi) is 5.33. The van der Waals surface area contributed by atoms with Crippen molar-refractivity contribution in [3.8, 4) is 0 Å². The van der Waals surface area contributed by atoms with Gasteiger partial charge in [-0.3, -0.25) is 4.79 Å². The van der Waals surface area contributed by atoms with Crippen LogP contribution in [0, 0.1) is 6.92 Å². The summed E-state index contributed by atoms with van der Waals surface area (Å²) in [6, 6.07) is 5.31. The molecule has 0 aliphatic heterocycles. The van der Waals surface area contributed by atoms with Gasteiger partial charge in [0.1, 0.15) is 0 Å². The van der Waals surface area contributed by atoms with E-state index in [0.29, 0.717) is 23.2 Å². The molecule has 0 aliphatic carbocycles. The number of carbonyl (C=O) groups is 1. The molecule has 0 saturated heterocycles. The summed E-state index contributed by atoms with van der Waals surface area (Å²) in [5.74, 6) is -0.341. The summed E-state index contributed by atoms with van der Waals surface area (Å²) in [4.78, 5) is 15.1. The molecule has 0 aliphatic rings. The lowest BCUT2D eigenvalue weighted by molar-refractivity contribution is -0.137. The van der Waals surface area contributed by atoms with Crippen molar-refractivity contribution in [2.24, 2.45) is 0 Å². The van der Waals surface area contributed by atoms with Crippen LogP contribution in [-0.2, 0) is 6.18 Å². The number of H-pyrrole nitrogens is 1. The Morgan fingerprint density at radius 1 is 1.25 bits per heavy atom. The molecular weight excluding hydrogens is 321 g/mol. The molecule has 0 radical (unpaired) electrons. The molecule has 0 saturated carbocycles. The van der Waals surface area contributed by atoms with Gasteiger partial charge in [0.2, 0.25) is 0 Å². The van der Waals surface area contributed by atoms with Gasteiger partial charge >= 0.3 is 6.18 Å². The van der Waals surface area contributed by atoms with Gasteiger partial charge < -0.3 is 15.4 Å². The normalized spacial score (nSPS) is 14.2. The summed E-state index contributed by atoms with van der Waals surface area (Å²) in [5, 5.41) is 13.1. The fraction of sp³-hybridized carbons (Fsp3) is 0.353. The Bertz CT molecular complexity index is 693. The predicted molar refractivity (Wildman–Crippen MR) is 83.5 cm³/mol. The molecule has 0 bridgehead atoms. The molecule has 1 heterocycles. The largest absolute Gasteiger partial charge is 0.416 e. The van der Waals surface area contributed by atoms with Gasteiger partial charge in [0.15, 0.2) is 0 Å². The highest BCUT2D eigenvalue weighted by atomic mass is 19.4. The quantitative estimate of drug-likeness (QED) is 0.779. The topological polar surface area (TPSA) is 65.1 Å². The second kappa shape index (κ2) is 7.09. The van der Waals surface area contributed by atoms with Gasteiger partial charge in [-0.2, -0.15) is 13.2 Å². The van der Waals surface area contributed by atoms with Crippen molar-refractivity contribution in [2.75, 3.05) is 0 Å². The number of hydrogen-bond donors (Lipinski definition) is 3. The maximum absolute atomic E-state index is 12.6. The minimum Gasteiger partial charge on any atom is -0.386 e. The van der Waals surface area contributed by atoms with E-state index < -0.39 is 23.9 Å². The van der Waals surface area contributed by atoms with Gasteiger partial charge in [-0.1, -0.05) is 19.1 Å². The van der Waals surface area contributed by atoms with Crippen LogP contribution in [0.15, 0.2) is 36.5 Å². The fourth-order valence-corrected chi connectivity index (χ4v) is 2.45. The minimum atomic E-state index is -4.42. The number of halogens is 3. The molecule has 0 spiro atoms. The molecule has 2 atom stereocenters. The maximum atomic E-state index is 12.6. The first kappa shape index (κ1) is 18.1. The first-order chi connectivity index (χ1) is 11.2. The highest BCUT2D eigenvalue weighted by Crippen LogP contribution is 2.30. The van der Waals surface area contributed by atoms with Crippen molar-refractivity contribution in [1.29, 1.82) is 0 Å². The van der Waals surface area contributed by atoms with Crippen molar-refractivity contribution in [3.05, 3.63) is 58.9 Å². The number of aryl methyl sites for hydroxylation is 1. The molecule has 2 aromatic rings. The standard InChI is InChI=1S/C17H19F3N2O2/c1-3-14(22-16(24)13-8-9-21-10(13)2)15(23)11-4-6-12(7-5-11)17(18,19)20/h4-9,14-15,21,23H,3H2,1-2H3,(H,22,24)/t14-,15-/m1/s1. The maximum Gasteiger partial charge on any atom is 0.416 e. The molecular formula is C17H19F3N2O2. The van der Waals surface area contributed by atoms with Gasteiger partial charge in [-0.15, -0.1) is 0 Å². The minimum absolute atomic E-state index is 0.320. The van der Waals surface area contributed by atoms with E-state index in [1.165, 1.54) is 12.1 Å². The molecule has 4 nitrogen and oxygen atoms in total.